The molecule has 0 radical (unpaired) electrons. The summed E-state index contributed by atoms with van der Waals surface area (Å²) >= 11 is 18.5. The highest BCUT2D eigenvalue weighted by molar-refractivity contribution is 6.34. The summed E-state index contributed by atoms with van der Waals surface area (Å²) < 4.78 is 4.76. The molecule has 188 valence electrons. The molecule has 1 saturated heterocycles. The zero-order valence-electron chi connectivity index (χ0n) is 19.7. The fourth-order valence-electron chi connectivity index (χ4n) is 4.22. The number of carbonyl (C=O) groups is 1. The number of piperazine rings is 1. The van der Waals surface area contributed by atoms with E-state index in [1.54, 1.807) is 49.1 Å². The Kier molecular flexibility index (Phi) is 7.41. The van der Waals surface area contributed by atoms with Crippen LogP contribution in [-0.2, 0) is 0 Å². The van der Waals surface area contributed by atoms with Gasteiger partial charge in [0.25, 0.3) is 5.91 Å². The standard InChI is InChI=1S/C26H21Cl3N6O2/c1-16-3-2-7-31-23(16)26(36)35-11-9-34(10-12-35)22-15-32-24(18-5-4-17(37-29)13-20(18)27)25(33-22)19-6-8-30-14-21(19)28/h2-8,13-15H,9-12H2,1H3. The Morgan fingerprint density at radius 3 is 2.41 bits per heavy atom. The third kappa shape index (κ3) is 5.18. The first-order valence-electron chi connectivity index (χ1n) is 11.5. The van der Waals surface area contributed by atoms with Crippen LogP contribution in [0.5, 0.6) is 5.75 Å². The molecule has 1 aromatic carbocycles. The predicted molar refractivity (Wildman–Crippen MR) is 144 cm³/mol. The number of anilines is 1. The summed E-state index contributed by atoms with van der Waals surface area (Å²) in [6, 6.07) is 10.6. The minimum absolute atomic E-state index is 0.0672. The van der Waals surface area contributed by atoms with Crippen molar-refractivity contribution in [3.05, 3.63) is 82.5 Å². The molecule has 4 aromatic rings. The van der Waals surface area contributed by atoms with Gasteiger partial charge in [0.05, 0.1) is 21.9 Å². The summed E-state index contributed by atoms with van der Waals surface area (Å²) in [4.78, 5) is 34.9. The zero-order valence-corrected chi connectivity index (χ0v) is 22.0. The Bertz CT molecular complexity index is 1460. The van der Waals surface area contributed by atoms with Crippen molar-refractivity contribution in [1.82, 2.24) is 24.8 Å². The van der Waals surface area contributed by atoms with Crippen molar-refractivity contribution in [2.45, 2.75) is 6.92 Å². The summed E-state index contributed by atoms with van der Waals surface area (Å²) in [6.45, 7) is 4.15. The van der Waals surface area contributed by atoms with Crippen LogP contribution in [0, 0.1) is 6.92 Å². The van der Waals surface area contributed by atoms with Crippen molar-refractivity contribution >= 4 is 46.8 Å². The van der Waals surface area contributed by atoms with Crippen LogP contribution in [0.15, 0.2) is 61.2 Å². The van der Waals surface area contributed by atoms with Gasteiger partial charge in [-0.25, -0.2) is 4.98 Å². The minimum atomic E-state index is -0.0672. The number of hydrogen-bond donors (Lipinski definition) is 0. The van der Waals surface area contributed by atoms with Gasteiger partial charge >= 0.3 is 0 Å². The molecule has 0 bridgehead atoms. The number of halogens is 3. The lowest BCUT2D eigenvalue weighted by atomic mass is 10.0. The van der Waals surface area contributed by atoms with E-state index < -0.39 is 0 Å². The Morgan fingerprint density at radius 1 is 0.919 bits per heavy atom. The Hall–Kier alpha value is -3.46. The van der Waals surface area contributed by atoms with Crippen LogP contribution in [0.3, 0.4) is 0 Å². The van der Waals surface area contributed by atoms with Crippen LogP contribution in [-0.4, -0.2) is 56.9 Å². The number of pyridine rings is 2. The van der Waals surface area contributed by atoms with E-state index in [1.807, 2.05) is 24.0 Å². The second kappa shape index (κ2) is 10.9. The molecular formula is C26H21Cl3N6O2. The average Bonchev–Trinajstić information content (AvgIpc) is 2.93. The number of hydrogen-bond acceptors (Lipinski definition) is 7. The van der Waals surface area contributed by atoms with E-state index in [1.165, 1.54) is 0 Å². The summed E-state index contributed by atoms with van der Waals surface area (Å²) in [5.41, 5.74) is 3.80. The quantitative estimate of drug-likeness (QED) is 0.312. The first-order valence-corrected chi connectivity index (χ1v) is 12.5. The Morgan fingerprint density at radius 2 is 1.70 bits per heavy atom. The van der Waals surface area contributed by atoms with E-state index >= 15 is 0 Å². The number of rotatable bonds is 5. The molecule has 1 amide bonds. The number of nitrogens with zero attached hydrogens (tertiary/aromatic N) is 6. The lowest BCUT2D eigenvalue weighted by Gasteiger charge is -2.35. The van der Waals surface area contributed by atoms with Crippen molar-refractivity contribution in [1.29, 1.82) is 0 Å². The highest BCUT2D eigenvalue weighted by Crippen LogP contribution is 2.38. The van der Waals surface area contributed by atoms with Crippen molar-refractivity contribution in [3.8, 4) is 28.3 Å². The van der Waals surface area contributed by atoms with Crippen molar-refractivity contribution in [2.75, 3.05) is 31.1 Å². The molecule has 37 heavy (non-hydrogen) atoms. The number of aromatic nitrogens is 4. The van der Waals surface area contributed by atoms with Crippen LogP contribution >= 0.6 is 35.1 Å². The van der Waals surface area contributed by atoms with Crippen LogP contribution in [0.2, 0.25) is 10.0 Å². The molecule has 8 nitrogen and oxygen atoms in total. The number of carbonyl (C=O) groups excluding carboxylic acids is 1. The molecule has 3 aromatic heterocycles. The molecule has 1 fully saturated rings. The highest BCUT2D eigenvalue weighted by atomic mass is 35.5. The van der Waals surface area contributed by atoms with Crippen LogP contribution < -0.4 is 9.19 Å². The smallest absolute Gasteiger partial charge is 0.272 e. The van der Waals surface area contributed by atoms with Gasteiger partial charge < -0.3 is 14.1 Å². The summed E-state index contributed by atoms with van der Waals surface area (Å²) in [5.74, 6) is 1.02. The van der Waals surface area contributed by atoms with Gasteiger partial charge in [-0.05, 0) is 36.8 Å². The molecule has 0 saturated carbocycles. The SMILES string of the molecule is Cc1cccnc1C(=O)N1CCN(c2cnc(-c3ccc(OCl)cc3Cl)c(-c3ccncc3Cl)n2)CC1. The molecule has 0 aliphatic carbocycles. The third-order valence-corrected chi connectivity index (χ3v) is 6.97. The van der Waals surface area contributed by atoms with E-state index in [2.05, 4.69) is 14.9 Å². The van der Waals surface area contributed by atoms with E-state index in [0.717, 1.165) is 5.56 Å². The number of aryl methyl sites for hydroxylation is 1. The largest absolute Gasteiger partial charge is 0.386 e. The molecule has 0 unspecified atom stereocenters. The first kappa shape index (κ1) is 25.2. The van der Waals surface area contributed by atoms with E-state index in [9.17, 15) is 4.79 Å². The van der Waals surface area contributed by atoms with Crippen LogP contribution in [0.25, 0.3) is 22.5 Å². The second-order valence-corrected chi connectivity index (χ2v) is 9.42. The normalized spacial score (nSPS) is 13.5. The third-order valence-electron chi connectivity index (χ3n) is 6.18. The Balaban J connectivity index is 1.45. The maximum Gasteiger partial charge on any atom is 0.272 e. The van der Waals surface area contributed by atoms with Crippen molar-refractivity contribution < 1.29 is 9.08 Å². The minimum Gasteiger partial charge on any atom is -0.386 e. The van der Waals surface area contributed by atoms with Crippen LogP contribution in [0.4, 0.5) is 5.82 Å². The van der Waals surface area contributed by atoms with Gasteiger partial charge in [0.2, 0.25) is 0 Å². The topological polar surface area (TPSA) is 84.3 Å². The maximum absolute atomic E-state index is 13.0. The van der Waals surface area contributed by atoms with E-state index in [4.69, 9.17) is 49.3 Å². The molecule has 1 aliphatic heterocycles. The highest BCUT2D eigenvalue weighted by Gasteiger charge is 2.26. The summed E-state index contributed by atoms with van der Waals surface area (Å²) in [6.07, 6.45) is 6.55. The van der Waals surface area contributed by atoms with Gasteiger partial charge in [0.15, 0.2) is 0 Å². The van der Waals surface area contributed by atoms with Gasteiger partial charge in [0.1, 0.15) is 34.8 Å². The second-order valence-electron chi connectivity index (χ2n) is 8.45. The van der Waals surface area contributed by atoms with Gasteiger partial charge in [-0.15, -0.1) is 0 Å². The molecule has 11 heteroatoms. The molecule has 0 atom stereocenters. The molecule has 1 aliphatic rings. The fourth-order valence-corrected chi connectivity index (χ4v) is 4.78. The van der Waals surface area contributed by atoms with Gasteiger partial charge in [-0.1, -0.05) is 29.3 Å². The molecular weight excluding hydrogens is 535 g/mol. The van der Waals surface area contributed by atoms with Crippen molar-refractivity contribution in [2.24, 2.45) is 0 Å². The Labute approximate surface area is 229 Å². The maximum atomic E-state index is 13.0. The zero-order chi connectivity index (χ0) is 25.9. The monoisotopic (exact) mass is 554 g/mol. The lowest BCUT2D eigenvalue weighted by molar-refractivity contribution is 0.0740. The van der Waals surface area contributed by atoms with Gasteiger partial charge in [-0.3, -0.25) is 19.7 Å². The molecule has 0 N–H and O–H groups in total. The molecule has 5 rings (SSSR count). The fraction of sp³-hybridized carbons (Fsp3) is 0.192. The van der Waals surface area contributed by atoms with Crippen molar-refractivity contribution in [3.63, 3.8) is 0 Å². The number of amides is 1. The molecule has 4 heterocycles. The number of benzene rings is 1. The summed E-state index contributed by atoms with van der Waals surface area (Å²) in [7, 11) is 0. The van der Waals surface area contributed by atoms with Gasteiger partial charge in [-0.2, -0.15) is 0 Å². The van der Waals surface area contributed by atoms with E-state index in [0.29, 0.717) is 76.0 Å². The van der Waals surface area contributed by atoms with Gasteiger partial charge in [0, 0.05) is 62.0 Å². The average molecular weight is 556 g/mol. The van der Waals surface area contributed by atoms with E-state index in [-0.39, 0.29) is 5.91 Å². The lowest BCUT2D eigenvalue weighted by Crippen LogP contribution is -2.49. The predicted octanol–water partition coefficient (Wildman–Crippen LogP) is 5.71. The summed E-state index contributed by atoms with van der Waals surface area (Å²) in [5, 5.41) is 0.844. The first-order chi connectivity index (χ1) is 18.0. The van der Waals surface area contributed by atoms with Crippen LogP contribution in [0.1, 0.15) is 16.1 Å². The molecule has 0 spiro atoms.